The van der Waals surface area contributed by atoms with Gasteiger partial charge in [-0.05, 0) is 50.1 Å². The summed E-state index contributed by atoms with van der Waals surface area (Å²) < 4.78 is 35.4. The van der Waals surface area contributed by atoms with Gasteiger partial charge < -0.3 is 14.8 Å². The molecule has 2 rings (SSSR count). The third kappa shape index (κ3) is 5.64. The fourth-order valence-corrected chi connectivity index (χ4v) is 4.40. The molecule has 1 amide bonds. The molecule has 0 aromatic heterocycles. The fraction of sp³-hybridized carbons (Fsp3) is 0.318. The molecule has 1 N–H and O–H groups in total. The molecule has 172 valence electrons. The average Bonchev–Trinajstić information content (AvgIpc) is 2.70. The van der Waals surface area contributed by atoms with Gasteiger partial charge in [-0.15, -0.1) is 0 Å². The number of nitrogens with one attached hydrogen (secondary N) is 1. The summed E-state index contributed by atoms with van der Waals surface area (Å²) in [4.78, 5) is 36.8. The summed E-state index contributed by atoms with van der Waals surface area (Å²) in [5, 5.41) is 2.51. The molecule has 10 heteroatoms. The van der Waals surface area contributed by atoms with E-state index in [1.807, 2.05) is 19.1 Å². The molecule has 0 spiro atoms. The summed E-state index contributed by atoms with van der Waals surface area (Å²) in [6.45, 7) is 4.89. The molecule has 0 aliphatic heterocycles. The zero-order valence-corrected chi connectivity index (χ0v) is 19.6. The van der Waals surface area contributed by atoms with Crippen molar-refractivity contribution in [3.8, 4) is 0 Å². The Hall–Kier alpha value is -3.40. The van der Waals surface area contributed by atoms with E-state index in [1.165, 1.54) is 32.4 Å². The van der Waals surface area contributed by atoms with Crippen LogP contribution in [0.5, 0.6) is 0 Å². The number of anilines is 2. The Balaban J connectivity index is 2.45. The predicted octanol–water partition coefficient (Wildman–Crippen LogP) is 2.59. The first-order valence-corrected chi connectivity index (χ1v) is 11.4. The maximum absolute atomic E-state index is 12.9. The Morgan fingerprint density at radius 3 is 2.00 bits per heavy atom. The zero-order valence-electron chi connectivity index (χ0n) is 18.8. The van der Waals surface area contributed by atoms with Gasteiger partial charge in [-0.25, -0.2) is 18.0 Å². The van der Waals surface area contributed by atoms with Crippen LogP contribution in [0.25, 0.3) is 0 Å². The molecule has 32 heavy (non-hydrogen) atoms. The molecule has 2 aromatic rings. The van der Waals surface area contributed by atoms with E-state index < -0.39 is 34.4 Å². The maximum Gasteiger partial charge on any atom is 0.339 e. The second kappa shape index (κ2) is 9.82. The number of methoxy groups -OCH3 is 2. The van der Waals surface area contributed by atoms with Crippen molar-refractivity contribution in [3.05, 3.63) is 58.1 Å². The van der Waals surface area contributed by atoms with Gasteiger partial charge in [-0.3, -0.25) is 9.10 Å². The number of hydrogen-bond donors (Lipinski definition) is 1. The minimum Gasteiger partial charge on any atom is -0.465 e. The van der Waals surface area contributed by atoms with Crippen LogP contribution in [0.1, 0.15) is 37.4 Å². The first-order valence-electron chi connectivity index (χ1n) is 9.55. The van der Waals surface area contributed by atoms with E-state index in [9.17, 15) is 22.8 Å². The van der Waals surface area contributed by atoms with Crippen LogP contribution >= 0.6 is 0 Å². The number of carbonyl (C=O) groups excluding carboxylic acids is 3. The largest absolute Gasteiger partial charge is 0.465 e. The fourth-order valence-electron chi connectivity index (χ4n) is 3.43. The molecule has 0 fully saturated rings. The number of ether oxygens (including phenoxy) is 2. The number of nitrogens with zero attached hydrogens (tertiary/aromatic N) is 1. The lowest BCUT2D eigenvalue weighted by molar-refractivity contribution is -0.114. The first kappa shape index (κ1) is 24.9. The Morgan fingerprint density at radius 2 is 1.50 bits per heavy atom. The Bertz CT molecular complexity index is 1150. The highest BCUT2D eigenvalue weighted by atomic mass is 32.2. The molecule has 0 unspecified atom stereocenters. The molecule has 0 aliphatic carbocycles. The Labute approximate surface area is 187 Å². The molecule has 9 nitrogen and oxygen atoms in total. The lowest BCUT2D eigenvalue weighted by Gasteiger charge is -2.26. The van der Waals surface area contributed by atoms with Crippen molar-refractivity contribution in [1.82, 2.24) is 0 Å². The quantitative estimate of drug-likeness (QED) is 0.628. The number of esters is 2. The smallest absolute Gasteiger partial charge is 0.339 e. The van der Waals surface area contributed by atoms with Crippen molar-refractivity contribution in [3.63, 3.8) is 0 Å². The lowest BCUT2D eigenvalue weighted by Crippen LogP contribution is -2.38. The minimum absolute atomic E-state index is 0.00195. The SMILES string of the molecule is COC(=O)c1ccc(C(=O)OC)c(NC(=O)CN(c2c(C)cc(C)cc2C)S(C)(=O)=O)c1. The second-order valence-electron chi connectivity index (χ2n) is 7.31. The number of aryl methyl sites for hydroxylation is 3. The maximum atomic E-state index is 12.9. The van der Waals surface area contributed by atoms with Crippen molar-refractivity contribution in [2.45, 2.75) is 20.8 Å². The Morgan fingerprint density at radius 1 is 0.938 bits per heavy atom. The van der Waals surface area contributed by atoms with E-state index in [4.69, 9.17) is 4.74 Å². The predicted molar refractivity (Wildman–Crippen MR) is 121 cm³/mol. The number of amides is 1. The molecule has 0 bridgehead atoms. The summed E-state index contributed by atoms with van der Waals surface area (Å²) in [7, 11) is -1.44. The van der Waals surface area contributed by atoms with Crippen LogP contribution in [0, 0.1) is 20.8 Å². The molecule has 2 aromatic carbocycles. The highest BCUT2D eigenvalue weighted by Crippen LogP contribution is 2.28. The summed E-state index contributed by atoms with van der Waals surface area (Å²) in [6, 6.07) is 7.59. The summed E-state index contributed by atoms with van der Waals surface area (Å²) >= 11 is 0. The molecular weight excluding hydrogens is 436 g/mol. The van der Waals surface area contributed by atoms with Gasteiger partial charge in [0.2, 0.25) is 15.9 Å². The number of rotatable bonds is 7. The summed E-state index contributed by atoms with van der Waals surface area (Å²) in [5.74, 6) is -2.11. The van der Waals surface area contributed by atoms with E-state index in [2.05, 4.69) is 10.1 Å². The number of benzene rings is 2. The van der Waals surface area contributed by atoms with Gasteiger partial charge in [0.1, 0.15) is 6.54 Å². The number of sulfonamides is 1. The standard InChI is InChI=1S/C22H26N2O7S/c1-13-9-14(2)20(15(3)10-13)24(32(6,28)29)12-19(25)23-18-11-16(21(26)30-4)7-8-17(18)22(27)31-5/h7-11H,12H2,1-6H3,(H,23,25). The molecule has 0 heterocycles. The minimum atomic E-state index is -3.81. The van der Waals surface area contributed by atoms with Gasteiger partial charge in [0.25, 0.3) is 0 Å². The summed E-state index contributed by atoms with van der Waals surface area (Å²) in [5.41, 5.74) is 2.86. The van der Waals surface area contributed by atoms with Crippen LogP contribution in [0.3, 0.4) is 0 Å². The van der Waals surface area contributed by atoms with Crippen molar-refractivity contribution < 1.29 is 32.3 Å². The van der Waals surface area contributed by atoms with E-state index in [-0.39, 0.29) is 16.8 Å². The zero-order chi connectivity index (χ0) is 24.2. The first-order chi connectivity index (χ1) is 14.9. The third-order valence-electron chi connectivity index (χ3n) is 4.69. The van der Waals surface area contributed by atoms with Gasteiger partial charge in [-0.1, -0.05) is 17.7 Å². The molecule has 0 atom stereocenters. The molecule has 0 saturated heterocycles. The Kier molecular flexibility index (Phi) is 7.63. The second-order valence-corrected chi connectivity index (χ2v) is 9.22. The van der Waals surface area contributed by atoms with Crippen molar-refractivity contribution in [2.75, 3.05) is 36.6 Å². The van der Waals surface area contributed by atoms with Crippen LogP contribution < -0.4 is 9.62 Å². The van der Waals surface area contributed by atoms with Gasteiger partial charge in [-0.2, -0.15) is 0 Å². The number of hydrogen-bond acceptors (Lipinski definition) is 7. The average molecular weight is 463 g/mol. The van der Waals surface area contributed by atoms with E-state index >= 15 is 0 Å². The molecule has 0 aliphatic rings. The van der Waals surface area contributed by atoms with E-state index in [1.54, 1.807) is 13.8 Å². The van der Waals surface area contributed by atoms with Crippen molar-refractivity contribution in [2.24, 2.45) is 0 Å². The topological polar surface area (TPSA) is 119 Å². The van der Waals surface area contributed by atoms with Crippen LogP contribution in [-0.4, -0.2) is 53.3 Å². The highest BCUT2D eigenvalue weighted by Gasteiger charge is 2.25. The molecule has 0 saturated carbocycles. The van der Waals surface area contributed by atoms with Crippen LogP contribution in [0.4, 0.5) is 11.4 Å². The van der Waals surface area contributed by atoms with Crippen LogP contribution in [0.2, 0.25) is 0 Å². The van der Waals surface area contributed by atoms with Crippen molar-refractivity contribution >= 4 is 39.2 Å². The normalized spacial score (nSPS) is 10.9. The van der Waals surface area contributed by atoms with Gasteiger partial charge in [0.05, 0.1) is 43.0 Å². The van der Waals surface area contributed by atoms with Crippen LogP contribution in [-0.2, 0) is 24.3 Å². The number of carbonyl (C=O) groups is 3. The van der Waals surface area contributed by atoms with Crippen LogP contribution in [0.15, 0.2) is 30.3 Å². The van der Waals surface area contributed by atoms with Gasteiger partial charge >= 0.3 is 11.9 Å². The van der Waals surface area contributed by atoms with Gasteiger partial charge in [0.15, 0.2) is 0 Å². The van der Waals surface area contributed by atoms with E-state index in [0.717, 1.165) is 16.1 Å². The van der Waals surface area contributed by atoms with Crippen molar-refractivity contribution in [1.29, 1.82) is 0 Å². The lowest BCUT2D eigenvalue weighted by atomic mass is 10.1. The highest BCUT2D eigenvalue weighted by molar-refractivity contribution is 7.92. The molecular formula is C22H26N2O7S. The molecule has 0 radical (unpaired) electrons. The van der Waals surface area contributed by atoms with E-state index in [0.29, 0.717) is 16.8 Å². The third-order valence-corrected chi connectivity index (χ3v) is 5.80. The summed E-state index contributed by atoms with van der Waals surface area (Å²) in [6.07, 6.45) is 1.01. The monoisotopic (exact) mass is 462 g/mol. The van der Waals surface area contributed by atoms with Gasteiger partial charge in [0, 0.05) is 0 Å².